The van der Waals surface area contributed by atoms with Crippen molar-refractivity contribution in [2.75, 3.05) is 13.1 Å². The molecule has 17 heavy (non-hydrogen) atoms. The van der Waals surface area contributed by atoms with Crippen molar-refractivity contribution in [2.24, 2.45) is 0 Å². The molecule has 0 saturated carbocycles. The molecule has 1 aliphatic rings. The minimum absolute atomic E-state index is 0.00231. The van der Waals surface area contributed by atoms with Crippen LogP contribution in [-0.2, 0) is 0 Å². The van der Waals surface area contributed by atoms with E-state index in [-0.39, 0.29) is 11.9 Å². The van der Waals surface area contributed by atoms with E-state index in [0.717, 1.165) is 19.5 Å². The monoisotopic (exact) mass is 272 g/mol. The molecule has 1 saturated heterocycles. The van der Waals surface area contributed by atoms with Gasteiger partial charge < -0.3 is 5.32 Å². The first-order chi connectivity index (χ1) is 8.06. The average molecular weight is 273 g/mol. The van der Waals surface area contributed by atoms with E-state index in [2.05, 4.69) is 24.1 Å². The van der Waals surface area contributed by atoms with Crippen LogP contribution in [-0.4, -0.2) is 36.0 Å². The zero-order valence-electron chi connectivity index (χ0n) is 10.1. The van der Waals surface area contributed by atoms with Crippen LogP contribution in [0.5, 0.6) is 0 Å². The van der Waals surface area contributed by atoms with Crippen LogP contribution < -0.4 is 5.32 Å². The normalized spacial score (nSPS) is 21.1. The molecule has 1 N–H and O–H groups in total. The molecule has 1 aromatic rings. The number of carbonyl (C=O) groups excluding carboxylic acids is 1. The molecule has 0 bridgehead atoms. The molecule has 1 unspecified atom stereocenters. The Labute approximate surface area is 111 Å². The first kappa shape index (κ1) is 12.9. The topological polar surface area (TPSA) is 32.3 Å². The number of nitrogens with one attached hydrogen (secondary N) is 1. The minimum atomic E-state index is -0.00231. The summed E-state index contributed by atoms with van der Waals surface area (Å²) in [5.41, 5.74) is 0. The van der Waals surface area contributed by atoms with Gasteiger partial charge in [0.2, 0.25) is 0 Å². The molecule has 0 aliphatic carbocycles. The van der Waals surface area contributed by atoms with Gasteiger partial charge in [-0.2, -0.15) is 0 Å². The number of thiophene rings is 1. The van der Waals surface area contributed by atoms with Gasteiger partial charge in [0.1, 0.15) is 0 Å². The molecule has 1 aromatic heterocycles. The van der Waals surface area contributed by atoms with Crippen molar-refractivity contribution in [3.63, 3.8) is 0 Å². The maximum atomic E-state index is 11.9. The van der Waals surface area contributed by atoms with Gasteiger partial charge in [-0.25, -0.2) is 0 Å². The molecule has 1 amide bonds. The van der Waals surface area contributed by atoms with Gasteiger partial charge in [-0.15, -0.1) is 11.3 Å². The summed E-state index contributed by atoms with van der Waals surface area (Å²) >= 11 is 7.14. The van der Waals surface area contributed by atoms with Gasteiger partial charge in [0.15, 0.2) is 0 Å². The van der Waals surface area contributed by atoms with Crippen molar-refractivity contribution < 1.29 is 4.79 Å². The quantitative estimate of drug-likeness (QED) is 0.917. The Morgan fingerprint density at radius 3 is 2.88 bits per heavy atom. The molecule has 1 aliphatic heterocycles. The fraction of sp³-hybridized carbons (Fsp3) is 0.583. The van der Waals surface area contributed by atoms with Crippen LogP contribution in [0.4, 0.5) is 0 Å². The summed E-state index contributed by atoms with van der Waals surface area (Å²) in [4.78, 5) is 15.0. The lowest BCUT2D eigenvalue weighted by atomic mass is 10.2. The zero-order chi connectivity index (χ0) is 12.4. The van der Waals surface area contributed by atoms with Gasteiger partial charge in [0, 0.05) is 25.2 Å². The highest BCUT2D eigenvalue weighted by Crippen LogP contribution is 2.22. The van der Waals surface area contributed by atoms with Crippen LogP contribution >= 0.6 is 22.9 Å². The van der Waals surface area contributed by atoms with E-state index in [0.29, 0.717) is 15.3 Å². The lowest BCUT2D eigenvalue weighted by Crippen LogP contribution is -2.38. The van der Waals surface area contributed by atoms with Crippen molar-refractivity contribution in [3.8, 4) is 0 Å². The number of likely N-dealkylation sites (tertiary alicyclic amines) is 1. The average Bonchev–Trinajstić information content (AvgIpc) is 2.86. The van der Waals surface area contributed by atoms with Gasteiger partial charge >= 0.3 is 0 Å². The SMILES string of the molecule is CC(C)N1CCC(NC(=O)c2ccc(Cl)s2)C1. The summed E-state index contributed by atoms with van der Waals surface area (Å²) < 4.78 is 0.658. The smallest absolute Gasteiger partial charge is 0.261 e. The first-order valence-electron chi connectivity index (χ1n) is 5.86. The maximum absolute atomic E-state index is 11.9. The van der Waals surface area contributed by atoms with Crippen molar-refractivity contribution in [1.29, 1.82) is 0 Å². The van der Waals surface area contributed by atoms with Crippen LogP contribution in [0, 0.1) is 0 Å². The van der Waals surface area contributed by atoms with Crippen LogP contribution in [0.2, 0.25) is 4.34 Å². The molecule has 0 aromatic carbocycles. The second kappa shape index (κ2) is 5.38. The summed E-state index contributed by atoms with van der Waals surface area (Å²) in [5.74, 6) is -0.00231. The molecule has 0 spiro atoms. The number of hydrogen-bond acceptors (Lipinski definition) is 3. The van der Waals surface area contributed by atoms with Crippen molar-refractivity contribution >= 4 is 28.8 Å². The first-order valence-corrected chi connectivity index (χ1v) is 7.06. The highest BCUT2D eigenvalue weighted by atomic mass is 35.5. The molecule has 3 nitrogen and oxygen atoms in total. The summed E-state index contributed by atoms with van der Waals surface area (Å²) in [5, 5.41) is 3.06. The number of rotatable bonds is 3. The fourth-order valence-corrected chi connectivity index (χ4v) is 3.01. The van der Waals surface area contributed by atoms with Gasteiger partial charge in [-0.1, -0.05) is 11.6 Å². The maximum Gasteiger partial charge on any atom is 0.261 e. The Bertz CT molecular complexity index is 405. The number of amides is 1. The minimum Gasteiger partial charge on any atom is -0.347 e. The third-order valence-corrected chi connectivity index (χ3v) is 4.31. The second-order valence-electron chi connectivity index (χ2n) is 4.65. The molecule has 2 heterocycles. The second-order valence-corrected chi connectivity index (χ2v) is 6.37. The molecule has 1 fully saturated rings. The van der Waals surface area contributed by atoms with Crippen LogP contribution in [0.3, 0.4) is 0 Å². The van der Waals surface area contributed by atoms with Gasteiger partial charge in [-0.05, 0) is 32.4 Å². The van der Waals surface area contributed by atoms with E-state index in [1.807, 2.05) is 0 Å². The van der Waals surface area contributed by atoms with E-state index in [1.165, 1.54) is 11.3 Å². The van der Waals surface area contributed by atoms with Crippen LogP contribution in [0.25, 0.3) is 0 Å². The zero-order valence-corrected chi connectivity index (χ0v) is 11.6. The molecule has 1 atom stereocenters. The van der Waals surface area contributed by atoms with Crippen LogP contribution in [0.15, 0.2) is 12.1 Å². The van der Waals surface area contributed by atoms with Crippen LogP contribution in [0.1, 0.15) is 29.9 Å². The largest absolute Gasteiger partial charge is 0.347 e. The summed E-state index contributed by atoms with van der Waals surface area (Å²) in [7, 11) is 0. The van der Waals surface area contributed by atoms with E-state index >= 15 is 0 Å². The molecule has 94 valence electrons. The van der Waals surface area contributed by atoms with E-state index in [1.54, 1.807) is 12.1 Å². The predicted molar refractivity (Wildman–Crippen MR) is 71.9 cm³/mol. The Morgan fingerprint density at radius 1 is 1.59 bits per heavy atom. The number of halogens is 1. The van der Waals surface area contributed by atoms with Gasteiger partial charge in [0.05, 0.1) is 9.21 Å². The van der Waals surface area contributed by atoms with Crippen molar-refractivity contribution in [2.45, 2.75) is 32.4 Å². The Balaban J connectivity index is 1.88. The summed E-state index contributed by atoms with van der Waals surface area (Å²) in [6.45, 7) is 6.38. The highest BCUT2D eigenvalue weighted by Gasteiger charge is 2.25. The summed E-state index contributed by atoms with van der Waals surface area (Å²) in [6, 6.07) is 4.35. The van der Waals surface area contributed by atoms with Crippen molar-refractivity contribution in [3.05, 3.63) is 21.3 Å². The molecular formula is C12H17ClN2OS. The molecule has 0 radical (unpaired) electrons. The Kier molecular flexibility index (Phi) is 4.07. The number of nitrogens with zero attached hydrogens (tertiary/aromatic N) is 1. The lowest BCUT2D eigenvalue weighted by molar-refractivity contribution is 0.0941. The number of hydrogen-bond donors (Lipinski definition) is 1. The van der Waals surface area contributed by atoms with Gasteiger partial charge in [-0.3, -0.25) is 9.69 Å². The third-order valence-electron chi connectivity index (χ3n) is 3.08. The molecule has 2 rings (SSSR count). The molecular weight excluding hydrogens is 256 g/mol. The lowest BCUT2D eigenvalue weighted by Gasteiger charge is -2.20. The Morgan fingerprint density at radius 2 is 2.35 bits per heavy atom. The fourth-order valence-electron chi connectivity index (χ4n) is 2.07. The standard InChI is InChI=1S/C12H17ClN2OS/c1-8(2)15-6-5-9(7-15)14-12(16)10-3-4-11(13)17-10/h3-4,8-9H,5-7H2,1-2H3,(H,14,16). The highest BCUT2D eigenvalue weighted by molar-refractivity contribution is 7.17. The van der Waals surface area contributed by atoms with Gasteiger partial charge in [0.25, 0.3) is 5.91 Å². The predicted octanol–water partition coefficient (Wildman–Crippen LogP) is 2.61. The number of carbonyl (C=O) groups is 1. The van der Waals surface area contributed by atoms with E-state index in [4.69, 9.17) is 11.6 Å². The van der Waals surface area contributed by atoms with E-state index in [9.17, 15) is 4.79 Å². The van der Waals surface area contributed by atoms with E-state index < -0.39 is 0 Å². The Hall–Kier alpha value is -0.580. The van der Waals surface area contributed by atoms with Crippen molar-refractivity contribution in [1.82, 2.24) is 10.2 Å². The third kappa shape index (κ3) is 3.21. The molecule has 5 heteroatoms. The summed E-state index contributed by atoms with van der Waals surface area (Å²) in [6.07, 6.45) is 1.03.